The van der Waals surface area contributed by atoms with Crippen LogP contribution in [0.4, 0.5) is 0 Å². The highest BCUT2D eigenvalue weighted by Crippen LogP contribution is 2.32. The summed E-state index contributed by atoms with van der Waals surface area (Å²) in [5, 5.41) is 0. The predicted octanol–water partition coefficient (Wildman–Crippen LogP) is 3.04. The molecule has 1 saturated carbocycles. The van der Waals surface area contributed by atoms with Gasteiger partial charge in [0, 0.05) is 5.92 Å². The highest BCUT2D eigenvalue weighted by molar-refractivity contribution is 5.53. The standard InChI is InChI=1S/C11H20O/c1-9(8-12)10(2)11-6-4-3-5-7-11/h8-11H,3-7H2,1-2H3. The molecule has 2 unspecified atom stereocenters. The van der Waals surface area contributed by atoms with Crippen molar-refractivity contribution < 1.29 is 4.79 Å². The fraction of sp³-hybridized carbons (Fsp3) is 0.909. The fourth-order valence-corrected chi connectivity index (χ4v) is 2.21. The average Bonchev–Trinajstić information content (AvgIpc) is 2.17. The van der Waals surface area contributed by atoms with Crippen molar-refractivity contribution in [2.24, 2.45) is 17.8 Å². The highest BCUT2D eigenvalue weighted by Gasteiger charge is 2.23. The molecular formula is C11H20O. The minimum Gasteiger partial charge on any atom is -0.303 e. The monoisotopic (exact) mass is 168 g/mol. The lowest BCUT2D eigenvalue weighted by Gasteiger charge is -2.29. The molecule has 0 aromatic heterocycles. The summed E-state index contributed by atoms with van der Waals surface area (Å²) >= 11 is 0. The van der Waals surface area contributed by atoms with E-state index in [0.29, 0.717) is 5.92 Å². The molecule has 0 amide bonds. The molecule has 1 fully saturated rings. The lowest BCUT2D eigenvalue weighted by atomic mass is 9.76. The van der Waals surface area contributed by atoms with Crippen molar-refractivity contribution in [3.63, 3.8) is 0 Å². The summed E-state index contributed by atoms with van der Waals surface area (Å²) in [6, 6.07) is 0. The molecule has 1 rings (SSSR count). The van der Waals surface area contributed by atoms with Gasteiger partial charge >= 0.3 is 0 Å². The van der Waals surface area contributed by atoms with E-state index in [1.165, 1.54) is 32.1 Å². The minimum absolute atomic E-state index is 0.257. The van der Waals surface area contributed by atoms with Crippen LogP contribution in [0.5, 0.6) is 0 Å². The van der Waals surface area contributed by atoms with Gasteiger partial charge in [0.05, 0.1) is 0 Å². The normalized spacial score (nSPS) is 24.8. The largest absolute Gasteiger partial charge is 0.303 e. The van der Waals surface area contributed by atoms with Crippen molar-refractivity contribution in [3.05, 3.63) is 0 Å². The Kier molecular flexibility index (Phi) is 3.77. The summed E-state index contributed by atoms with van der Waals surface area (Å²) in [7, 11) is 0. The second kappa shape index (κ2) is 4.64. The Morgan fingerprint density at radius 2 is 1.75 bits per heavy atom. The Hall–Kier alpha value is -0.330. The maximum Gasteiger partial charge on any atom is 0.123 e. The summed E-state index contributed by atoms with van der Waals surface area (Å²) in [5.74, 6) is 1.68. The van der Waals surface area contributed by atoms with Gasteiger partial charge in [0.15, 0.2) is 0 Å². The van der Waals surface area contributed by atoms with E-state index in [2.05, 4.69) is 6.92 Å². The van der Waals surface area contributed by atoms with Gasteiger partial charge in [-0.3, -0.25) is 0 Å². The lowest BCUT2D eigenvalue weighted by molar-refractivity contribution is -0.112. The van der Waals surface area contributed by atoms with E-state index in [9.17, 15) is 4.79 Å². The third kappa shape index (κ3) is 2.33. The second-order valence-electron chi connectivity index (χ2n) is 4.25. The molecule has 0 radical (unpaired) electrons. The molecule has 1 nitrogen and oxygen atoms in total. The van der Waals surface area contributed by atoms with Crippen LogP contribution in [-0.2, 0) is 4.79 Å². The third-order valence-electron chi connectivity index (χ3n) is 3.44. The van der Waals surface area contributed by atoms with Crippen molar-refractivity contribution in [1.29, 1.82) is 0 Å². The molecule has 0 heterocycles. The van der Waals surface area contributed by atoms with Crippen LogP contribution in [0.3, 0.4) is 0 Å². The van der Waals surface area contributed by atoms with Crippen LogP contribution in [-0.4, -0.2) is 6.29 Å². The van der Waals surface area contributed by atoms with Crippen LogP contribution in [0.15, 0.2) is 0 Å². The van der Waals surface area contributed by atoms with Crippen LogP contribution < -0.4 is 0 Å². The predicted molar refractivity (Wildman–Crippen MR) is 51.0 cm³/mol. The van der Waals surface area contributed by atoms with Gasteiger partial charge in [0.25, 0.3) is 0 Å². The maximum absolute atomic E-state index is 10.6. The maximum atomic E-state index is 10.6. The number of aldehydes is 1. The topological polar surface area (TPSA) is 17.1 Å². The van der Waals surface area contributed by atoms with Crippen molar-refractivity contribution in [2.45, 2.75) is 46.0 Å². The molecule has 1 aliphatic carbocycles. The zero-order valence-corrected chi connectivity index (χ0v) is 8.25. The molecule has 2 atom stereocenters. The Labute approximate surface area is 75.5 Å². The molecule has 0 aromatic carbocycles. The summed E-state index contributed by atoms with van der Waals surface area (Å²) in [5.41, 5.74) is 0. The zero-order valence-electron chi connectivity index (χ0n) is 8.25. The van der Waals surface area contributed by atoms with Gasteiger partial charge in [0.2, 0.25) is 0 Å². The van der Waals surface area contributed by atoms with E-state index in [-0.39, 0.29) is 5.92 Å². The molecular weight excluding hydrogens is 148 g/mol. The fourth-order valence-electron chi connectivity index (χ4n) is 2.21. The van der Waals surface area contributed by atoms with Crippen LogP contribution in [0.1, 0.15) is 46.0 Å². The summed E-state index contributed by atoms with van der Waals surface area (Å²) < 4.78 is 0. The first-order chi connectivity index (χ1) is 5.75. The Morgan fingerprint density at radius 1 is 1.17 bits per heavy atom. The van der Waals surface area contributed by atoms with Crippen LogP contribution in [0, 0.1) is 17.8 Å². The number of hydrogen-bond acceptors (Lipinski definition) is 1. The highest BCUT2D eigenvalue weighted by atomic mass is 16.1. The quantitative estimate of drug-likeness (QED) is 0.592. The first-order valence-electron chi connectivity index (χ1n) is 5.21. The molecule has 1 aliphatic rings. The van der Waals surface area contributed by atoms with E-state index in [0.717, 1.165) is 12.2 Å². The van der Waals surface area contributed by atoms with E-state index in [4.69, 9.17) is 0 Å². The van der Waals surface area contributed by atoms with E-state index >= 15 is 0 Å². The van der Waals surface area contributed by atoms with Crippen LogP contribution >= 0.6 is 0 Å². The number of hydrogen-bond donors (Lipinski definition) is 0. The zero-order chi connectivity index (χ0) is 8.97. The lowest BCUT2D eigenvalue weighted by Crippen LogP contribution is -2.22. The van der Waals surface area contributed by atoms with Gasteiger partial charge in [-0.2, -0.15) is 0 Å². The average molecular weight is 168 g/mol. The number of carbonyl (C=O) groups is 1. The molecule has 1 heteroatoms. The Morgan fingerprint density at radius 3 is 2.25 bits per heavy atom. The van der Waals surface area contributed by atoms with Gasteiger partial charge in [-0.25, -0.2) is 0 Å². The SMILES string of the molecule is CC(C=O)C(C)C1CCCCC1. The van der Waals surface area contributed by atoms with Crippen molar-refractivity contribution in [1.82, 2.24) is 0 Å². The molecule has 0 N–H and O–H groups in total. The summed E-state index contributed by atoms with van der Waals surface area (Å²) in [4.78, 5) is 10.6. The van der Waals surface area contributed by atoms with Gasteiger partial charge in [-0.1, -0.05) is 46.0 Å². The molecule has 0 bridgehead atoms. The molecule has 0 spiro atoms. The van der Waals surface area contributed by atoms with E-state index < -0.39 is 0 Å². The first kappa shape index (κ1) is 9.76. The third-order valence-corrected chi connectivity index (χ3v) is 3.44. The first-order valence-corrected chi connectivity index (χ1v) is 5.21. The van der Waals surface area contributed by atoms with Crippen molar-refractivity contribution >= 4 is 6.29 Å². The van der Waals surface area contributed by atoms with Gasteiger partial charge in [-0.15, -0.1) is 0 Å². The summed E-state index contributed by atoms with van der Waals surface area (Å²) in [6.45, 7) is 4.28. The Bertz CT molecular complexity index is 136. The smallest absolute Gasteiger partial charge is 0.123 e. The van der Waals surface area contributed by atoms with E-state index in [1.807, 2.05) is 6.92 Å². The van der Waals surface area contributed by atoms with Crippen molar-refractivity contribution in [3.8, 4) is 0 Å². The molecule has 0 saturated heterocycles. The molecule has 12 heavy (non-hydrogen) atoms. The van der Waals surface area contributed by atoms with Gasteiger partial charge < -0.3 is 4.79 Å². The summed E-state index contributed by atoms with van der Waals surface area (Å²) in [6.07, 6.45) is 7.96. The van der Waals surface area contributed by atoms with Gasteiger partial charge in [0.1, 0.15) is 6.29 Å². The Balaban J connectivity index is 2.38. The number of rotatable bonds is 3. The number of carbonyl (C=O) groups excluding carboxylic acids is 1. The molecule has 0 aliphatic heterocycles. The minimum atomic E-state index is 0.257. The second-order valence-corrected chi connectivity index (χ2v) is 4.25. The van der Waals surface area contributed by atoms with Crippen LogP contribution in [0.25, 0.3) is 0 Å². The van der Waals surface area contributed by atoms with Crippen LogP contribution in [0.2, 0.25) is 0 Å². The molecule has 70 valence electrons. The molecule has 0 aromatic rings. The van der Waals surface area contributed by atoms with E-state index in [1.54, 1.807) is 0 Å². The van der Waals surface area contributed by atoms with Gasteiger partial charge in [-0.05, 0) is 11.8 Å². The van der Waals surface area contributed by atoms with Crippen molar-refractivity contribution in [2.75, 3.05) is 0 Å².